The van der Waals surface area contributed by atoms with E-state index in [-0.39, 0.29) is 41.0 Å². The molecule has 0 spiro atoms. The Labute approximate surface area is 283 Å². The maximum Gasteiger partial charge on any atom is 0.331 e. The summed E-state index contributed by atoms with van der Waals surface area (Å²) in [5.74, 6) is 4.38. The molecule has 0 bridgehead atoms. The molecule has 5 atom stereocenters. The van der Waals surface area contributed by atoms with Gasteiger partial charge in [0.05, 0.1) is 18.1 Å². The van der Waals surface area contributed by atoms with Crippen molar-refractivity contribution in [3.63, 3.8) is 0 Å². The molecule has 47 heavy (non-hydrogen) atoms. The fourth-order valence-electron chi connectivity index (χ4n) is 5.61. The number of hydrogen-bond donors (Lipinski definition) is 3. The number of carbonyl (C=O) groups is 4. The first kappa shape index (κ1) is 37.4. The summed E-state index contributed by atoms with van der Waals surface area (Å²) in [6.45, 7) is 10.3. The van der Waals surface area contributed by atoms with Gasteiger partial charge in [-0.15, -0.1) is 11.3 Å². The van der Waals surface area contributed by atoms with Crippen LogP contribution >= 0.6 is 11.3 Å². The van der Waals surface area contributed by atoms with Crippen LogP contribution < -0.4 is 10.6 Å². The number of nitrogens with one attached hydrogen (secondary N) is 2. The van der Waals surface area contributed by atoms with Crippen LogP contribution in [0.25, 0.3) is 0 Å². The number of aliphatic carboxylic acids is 1. The van der Waals surface area contributed by atoms with Crippen LogP contribution in [0.5, 0.6) is 0 Å². The highest BCUT2D eigenvalue weighted by molar-refractivity contribution is 7.10. The third kappa shape index (κ3) is 10.8. The molecule has 1 fully saturated rings. The van der Waals surface area contributed by atoms with Crippen molar-refractivity contribution < 1.29 is 24.3 Å². The Kier molecular flexibility index (Phi) is 14.2. The highest BCUT2D eigenvalue weighted by atomic mass is 32.1. The maximum absolute atomic E-state index is 13.9. The number of hydrogen-bond acceptors (Lipinski definition) is 7. The van der Waals surface area contributed by atoms with E-state index in [0.717, 1.165) is 37.8 Å². The minimum atomic E-state index is -1.05. The summed E-state index contributed by atoms with van der Waals surface area (Å²) in [5, 5.41) is 17.4. The van der Waals surface area contributed by atoms with Gasteiger partial charge in [0.1, 0.15) is 11.7 Å². The largest absolute Gasteiger partial charge is 0.478 e. The highest BCUT2D eigenvalue weighted by Crippen LogP contribution is 2.19. The zero-order valence-corrected chi connectivity index (χ0v) is 29.4. The Morgan fingerprint density at radius 1 is 1.15 bits per heavy atom. The number of piperidine rings is 1. The van der Waals surface area contributed by atoms with Crippen molar-refractivity contribution in [3.8, 4) is 11.8 Å². The van der Waals surface area contributed by atoms with Gasteiger partial charge in [-0.1, -0.05) is 82.9 Å². The van der Waals surface area contributed by atoms with Gasteiger partial charge in [-0.25, -0.2) is 9.78 Å². The van der Waals surface area contributed by atoms with Gasteiger partial charge in [0.15, 0.2) is 5.01 Å². The Balaban J connectivity index is 1.75. The monoisotopic (exact) mass is 663 g/mol. The number of benzene rings is 1. The molecule has 3 amide bonds. The van der Waals surface area contributed by atoms with E-state index in [4.69, 9.17) is 0 Å². The predicted molar refractivity (Wildman–Crippen MR) is 185 cm³/mol. The van der Waals surface area contributed by atoms with Crippen LogP contribution in [0.4, 0.5) is 0 Å². The van der Waals surface area contributed by atoms with Crippen LogP contribution in [-0.4, -0.2) is 88.4 Å². The fraction of sp³-hybridized carbons (Fsp3) is 0.528. The molecule has 2 aromatic rings. The van der Waals surface area contributed by atoms with Crippen molar-refractivity contribution >= 4 is 35.0 Å². The van der Waals surface area contributed by atoms with Crippen molar-refractivity contribution in [1.29, 1.82) is 0 Å². The number of thiazole rings is 1. The summed E-state index contributed by atoms with van der Waals surface area (Å²) >= 11 is 1.22. The molecule has 2 heterocycles. The number of carboxylic acids is 1. The van der Waals surface area contributed by atoms with Gasteiger partial charge in [0, 0.05) is 18.0 Å². The number of likely N-dealkylation sites (N-methyl/N-ethyl adjacent to an activating group) is 2. The summed E-state index contributed by atoms with van der Waals surface area (Å²) in [6.07, 6.45) is 5.51. The second kappa shape index (κ2) is 17.8. The number of nitrogens with zero attached hydrogens (tertiary/aromatic N) is 3. The lowest BCUT2D eigenvalue weighted by atomic mass is 9.94. The molecule has 1 aromatic heterocycles. The molecule has 0 aliphatic carbocycles. The van der Waals surface area contributed by atoms with Crippen molar-refractivity contribution in [3.05, 3.63) is 63.6 Å². The summed E-state index contributed by atoms with van der Waals surface area (Å²) in [5.41, 5.74) is 1.26. The molecule has 1 aromatic carbocycles. The number of rotatable bonds is 13. The summed E-state index contributed by atoms with van der Waals surface area (Å²) in [4.78, 5) is 59.9. The Hall–Kier alpha value is -4.01. The summed E-state index contributed by atoms with van der Waals surface area (Å²) in [6, 6.07) is 7.58. The molecular weight excluding hydrogens is 614 g/mol. The van der Waals surface area contributed by atoms with E-state index >= 15 is 0 Å². The van der Waals surface area contributed by atoms with Gasteiger partial charge in [-0.3, -0.25) is 19.3 Å². The summed E-state index contributed by atoms with van der Waals surface area (Å²) in [7, 11) is 3.67. The van der Waals surface area contributed by atoms with E-state index in [0.29, 0.717) is 11.4 Å². The third-order valence-corrected chi connectivity index (χ3v) is 9.47. The van der Waals surface area contributed by atoms with E-state index in [1.165, 1.54) is 24.3 Å². The quantitative estimate of drug-likeness (QED) is 0.214. The molecule has 11 heteroatoms. The predicted octanol–water partition coefficient (Wildman–Crippen LogP) is 4.36. The van der Waals surface area contributed by atoms with Crippen LogP contribution in [-0.2, 0) is 20.8 Å². The van der Waals surface area contributed by atoms with Crippen LogP contribution in [0.3, 0.4) is 0 Å². The SMILES string of the molecule is CC[C@H](C)[C@H](NC(=O)C1CCCCN1C)C(=O)N(C)C(C#Cc1nc(C(=O)NC(C=C(C)C(=O)O)Cc2ccccc2)cs1)C(C)C. The van der Waals surface area contributed by atoms with Crippen LogP contribution in [0, 0.1) is 23.7 Å². The standard InChI is InChI=1S/C36H49N5O5S/c1-8-24(4)32(39-34(43)30-16-12-13-19-40(30)6)35(44)41(7)29(23(2)3)17-18-31-38-28(22-47-31)33(42)37-27(20-25(5)36(45)46)21-26-14-10-9-11-15-26/h9-11,14-15,20,22-24,27,29-30,32H,8,12-13,16,19,21H2,1-7H3,(H,37,42)(H,39,43)(H,45,46)/t24-,27?,29?,30?,32-/m0/s1. The number of carboxylic acid groups (broad SMARTS) is 1. The van der Waals surface area contributed by atoms with Crippen molar-refractivity contribution in [2.45, 2.75) is 90.9 Å². The lowest BCUT2D eigenvalue weighted by molar-refractivity contribution is -0.139. The molecule has 0 saturated carbocycles. The first-order valence-corrected chi connectivity index (χ1v) is 17.2. The molecule has 1 aliphatic heterocycles. The average Bonchev–Trinajstić information content (AvgIpc) is 3.52. The average molecular weight is 664 g/mol. The van der Waals surface area contributed by atoms with E-state index in [2.05, 4.69) is 32.4 Å². The minimum Gasteiger partial charge on any atom is -0.478 e. The lowest BCUT2D eigenvalue weighted by Crippen LogP contribution is -2.57. The second-order valence-electron chi connectivity index (χ2n) is 12.7. The first-order valence-electron chi connectivity index (χ1n) is 16.3. The maximum atomic E-state index is 13.9. The third-order valence-electron chi connectivity index (χ3n) is 8.71. The molecule has 0 radical (unpaired) electrons. The van der Waals surface area contributed by atoms with Crippen molar-refractivity contribution in [2.75, 3.05) is 20.6 Å². The van der Waals surface area contributed by atoms with Crippen LogP contribution in [0.1, 0.15) is 81.4 Å². The van der Waals surface area contributed by atoms with Crippen molar-refractivity contribution in [2.24, 2.45) is 11.8 Å². The zero-order valence-electron chi connectivity index (χ0n) is 28.6. The lowest BCUT2D eigenvalue weighted by Gasteiger charge is -2.36. The Bertz CT molecular complexity index is 1480. The van der Waals surface area contributed by atoms with E-state index in [9.17, 15) is 24.3 Å². The van der Waals surface area contributed by atoms with Gasteiger partial charge in [0.25, 0.3) is 5.91 Å². The van der Waals surface area contributed by atoms with Gasteiger partial charge in [0.2, 0.25) is 11.8 Å². The van der Waals surface area contributed by atoms with Crippen molar-refractivity contribution in [1.82, 2.24) is 25.4 Å². The van der Waals surface area contributed by atoms with Gasteiger partial charge in [-0.2, -0.15) is 0 Å². The molecule has 3 N–H and O–H groups in total. The minimum absolute atomic E-state index is 0.0139. The molecule has 3 unspecified atom stereocenters. The topological polar surface area (TPSA) is 132 Å². The van der Waals surface area contributed by atoms with Crippen LogP contribution in [0.2, 0.25) is 0 Å². The zero-order chi connectivity index (χ0) is 34.7. The van der Waals surface area contributed by atoms with Gasteiger partial charge in [-0.05, 0) is 63.1 Å². The van der Waals surface area contributed by atoms with E-state index in [1.54, 1.807) is 17.3 Å². The number of amides is 3. The Morgan fingerprint density at radius 3 is 2.47 bits per heavy atom. The number of carbonyl (C=O) groups excluding carboxylic acids is 3. The first-order chi connectivity index (χ1) is 22.3. The fourth-order valence-corrected chi connectivity index (χ4v) is 6.26. The number of aromatic nitrogens is 1. The Morgan fingerprint density at radius 2 is 1.85 bits per heavy atom. The molecule has 10 nitrogen and oxygen atoms in total. The molecule has 1 aliphatic rings. The number of likely N-dealkylation sites (tertiary alicyclic amines) is 1. The van der Waals surface area contributed by atoms with E-state index in [1.807, 2.05) is 65.1 Å². The van der Waals surface area contributed by atoms with Gasteiger partial charge >= 0.3 is 5.97 Å². The molecular formula is C36H49N5O5S. The van der Waals surface area contributed by atoms with Gasteiger partial charge < -0.3 is 20.6 Å². The second-order valence-corrected chi connectivity index (χ2v) is 13.6. The highest BCUT2D eigenvalue weighted by Gasteiger charge is 2.35. The van der Waals surface area contributed by atoms with Crippen LogP contribution in [0.15, 0.2) is 47.4 Å². The smallest absolute Gasteiger partial charge is 0.331 e. The summed E-state index contributed by atoms with van der Waals surface area (Å²) < 4.78 is 0. The molecule has 1 saturated heterocycles. The molecule has 254 valence electrons. The molecule has 3 rings (SSSR count). The van der Waals surface area contributed by atoms with E-state index < -0.39 is 30.0 Å². The normalized spacial score (nSPS) is 17.9.